The summed E-state index contributed by atoms with van der Waals surface area (Å²) in [5.74, 6) is -1.79. The van der Waals surface area contributed by atoms with Crippen LogP contribution in [-0.2, 0) is 80.4 Å². The van der Waals surface area contributed by atoms with Crippen LogP contribution in [-0.4, -0.2) is 82.1 Å². The van der Waals surface area contributed by atoms with Crippen molar-refractivity contribution >= 4 is 107 Å². The molecule has 0 aliphatic heterocycles. The first-order chi connectivity index (χ1) is 69.8. The number of aromatic nitrogens is 10. The fourth-order valence-corrected chi connectivity index (χ4v) is 23.5. The van der Waals surface area contributed by atoms with E-state index in [-0.39, 0.29) is 86.0 Å². The summed E-state index contributed by atoms with van der Waals surface area (Å²) in [4.78, 5) is 43.3. The van der Waals surface area contributed by atoms with Crippen molar-refractivity contribution < 1.29 is 89.2 Å². The number of nitrogens with zero attached hydrogens (tertiary/aromatic N) is 10. The molecule has 0 spiro atoms. The van der Waals surface area contributed by atoms with Gasteiger partial charge >= 0.3 is 0 Å². The van der Waals surface area contributed by atoms with Crippen LogP contribution < -0.4 is 20.7 Å². The minimum atomic E-state index is -1.50. The molecule has 0 aliphatic carbocycles. The Hall–Kier alpha value is -13.2. The molecule has 0 saturated heterocycles. The first kappa shape index (κ1) is 116. The predicted octanol–water partition coefficient (Wildman–Crippen LogP) is 30.6. The summed E-state index contributed by atoms with van der Waals surface area (Å²) in [6.45, 7) is 38.9. The second-order valence-corrected chi connectivity index (χ2v) is 59.7. The average molecular weight is 2730 g/mol. The Balaban J connectivity index is 0.000000163. The van der Waals surface area contributed by atoms with Crippen molar-refractivity contribution in [3.05, 3.63) is 484 Å². The zero-order valence-electron chi connectivity index (χ0n) is 86.6. The van der Waals surface area contributed by atoms with Gasteiger partial charge in [-0.15, -0.1) is 212 Å². The SMILES string of the molecule is C[Si](C)(C)c1cnc(-c2[c-]cc3ccccc3c2)cc1-c1ccccc1.Cc1c[c-]c(-c2ccccn2)c(C)n1.Cc1cc(-c2[c-]cc3ccccc3c2)ncc1[Si](C)(C)C.Cc1cc(-c2[c-]cc3ccccc3c2)ncc1[Si](C)(C)C.Cc1cc(-c2[c-]cc3ccccc3c2)ncc1[Si](C)(C)C.Fc1c[c-]c(-c2ccccn2)c(F)n1.[Ir].[Ir].[Ir].[Ir].[c-]1ccccc1-c1ccc2ccccc2n1.[c-]1ccccc1-c1ccccn1. The topological polar surface area (TPSA) is 129 Å². The number of hydrogen-bond acceptors (Lipinski definition) is 10. The van der Waals surface area contributed by atoms with Crippen molar-refractivity contribution in [2.24, 2.45) is 0 Å². The molecule has 12 aromatic carbocycles. The number of pyridine rings is 10. The molecule has 22 aromatic rings. The van der Waals surface area contributed by atoms with Gasteiger partial charge in [-0.3, -0.25) is 9.97 Å². The summed E-state index contributed by atoms with van der Waals surface area (Å²) in [6.07, 6.45) is 13.4. The maximum atomic E-state index is 13.1. The predicted molar refractivity (Wildman–Crippen MR) is 612 cm³/mol. The van der Waals surface area contributed by atoms with Crippen molar-refractivity contribution in [2.45, 2.75) is 113 Å². The summed E-state index contributed by atoms with van der Waals surface area (Å²) in [6, 6.07) is 143. The monoisotopic (exact) mass is 2730 g/mol. The van der Waals surface area contributed by atoms with Gasteiger partial charge in [-0.25, -0.2) is 8.78 Å². The Bertz CT molecular complexity index is 7700. The first-order valence-electron chi connectivity index (χ1n) is 48.6. The van der Waals surface area contributed by atoms with Crippen LogP contribution in [0.15, 0.2) is 395 Å². The number of hydrogen-bond donors (Lipinski definition) is 0. The van der Waals surface area contributed by atoms with E-state index >= 15 is 0 Å². The Morgan fingerprint density at radius 2 is 0.570 bits per heavy atom. The number of halogens is 2. The molecule has 4 radical (unpaired) electrons. The van der Waals surface area contributed by atoms with E-state index < -0.39 is 44.2 Å². The summed E-state index contributed by atoms with van der Waals surface area (Å²) >= 11 is 0. The van der Waals surface area contributed by atoms with E-state index in [0.717, 1.165) is 102 Å². The molecule has 756 valence electrons. The molecule has 149 heavy (non-hydrogen) atoms. The molecule has 0 aliphatic rings. The van der Waals surface area contributed by atoms with Crippen LogP contribution in [0.4, 0.5) is 8.78 Å². The van der Waals surface area contributed by atoms with Crippen LogP contribution in [0, 0.1) is 95.0 Å². The minimum Gasteiger partial charge on any atom is -0.354 e. The number of rotatable bonds is 13. The fourth-order valence-electron chi connectivity index (χ4n) is 16.9. The van der Waals surface area contributed by atoms with Crippen LogP contribution in [0.25, 0.3) is 155 Å². The number of aryl methyl sites for hydroxylation is 5. The standard InChI is InChI=1S/C24H22NSi.3C19H20NSi.C15H10N.C12H11N2.C11H8N.C10H5F2N2.4Ir/c1-26(2,3)24-17-25-23(16-22(24)19-10-5-4-6-11-19)21-14-13-18-9-7-8-12-20(18)15-21;3*1-14-11-18(20-13-19(14)21(2,3)4)17-10-9-15-7-5-6-8-16(15)12-17;1-2-6-12(7-3-1)15-11-10-13-8-4-5-9-14(13)16-15;1-9-6-7-11(10(2)14-9)12-5-3-4-8-13-12;1-2-6-10(7-3-1)11-8-4-5-9-12-11;11-9-5-4-7(10(12)14-9)8-3-1-2-6-13-8;;;;/h4-13,15-17H,1-3H3;3*5-9,11-13H,1-4H3;1-6,8-11H;3-6,8H,1-2H3;1-6,8-9H;1-3,5-6H;;;;/q8*-1;;;;. The number of para-hydroxylation sites is 1. The van der Waals surface area contributed by atoms with Crippen molar-refractivity contribution in [1.82, 2.24) is 49.8 Å². The van der Waals surface area contributed by atoms with E-state index in [2.05, 4.69) is 412 Å². The van der Waals surface area contributed by atoms with Crippen molar-refractivity contribution in [1.29, 1.82) is 0 Å². The van der Waals surface area contributed by atoms with Gasteiger partial charge in [0.25, 0.3) is 0 Å². The second-order valence-electron chi connectivity index (χ2n) is 39.5. The van der Waals surface area contributed by atoms with Crippen LogP contribution >= 0.6 is 0 Å². The molecule has 10 aromatic heterocycles. The van der Waals surface area contributed by atoms with Gasteiger partial charge in [0.2, 0.25) is 0 Å². The molecule has 0 bridgehead atoms. The van der Waals surface area contributed by atoms with Crippen molar-refractivity contribution in [3.63, 3.8) is 0 Å². The Labute approximate surface area is 935 Å². The second kappa shape index (κ2) is 54.3. The first-order valence-corrected chi connectivity index (χ1v) is 62.6. The molecule has 22 rings (SSSR count). The van der Waals surface area contributed by atoms with Gasteiger partial charge in [-0.05, 0) is 139 Å². The van der Waals surface area contributed by atoms with E-state index in [4.69, 9.17) is 4.98 Å². The molecule has 0 fully saturated rings. The summed E-state index contributed by atoms with van der Waals surface area (Å²) in [7, 11) is -5.46. The molecule has 0 unspecified atom stereocenters. The molecule has 0 N–H and O–H groups in total. The molecular formula is C129H116F2Ir4N10Si4-8. The van der Waals surface area contributed by atoms with Crippen molar-refractivity contribution in [3.8, 4) is 101 Å². The van der Waals surface area contributed by atoms with Gasteiger partial charge in [-0.1, -0.05) is 361 Å². The van der Waals surface area contributed by atoms with Crippen LogP contribution in [0.2, 0.25) is 78.6 Å². The van der Waals surface area contributed by atoms with E-state index in [1.165, 1.54) is 103 Å². The average Bonchev–Trinajstić information content (AvgIpc) is 0.768. The maximum Gasteiger partial charge on any atom is 0.128 e. The largest absolute Gasteiger partial charge is 0.354 e. The number of benzene rings is 12. The Morgan fingerprint density at radius 3 is 0.933 bits per heavy atom. The summed E-state index contributed by atoms with van der Waals surface area (Å²) < 4.78 is 25.6. The van der Waals surface area contributed by atoms with E-state index in [0.29, 0.717) is 5.69 Å². The maximum absolute atomic E-state index is 13.1. The summed E-state index contributed by atoms with van der Waals surface area (Å²) in [5.41, 5.74) is 24.3. The van der Waals surface area contributed by atoms with E-state index in [1.807, 2.05) is 147 Å². The Morgan fingerprint density at radius 1 is 0.235 bits per heavy atom. The smallest absolute Gasteiger partial charge is 0.128 e. The number of fused-ring (bicyclic) bond motifs is 5. The van der Waals surface area contributed by atoms with Gasteiger partial charge < -0.3 is 39.9 Å². The van der Waals surface area contributed by atoms with Gasteiger partial charge in [0.05, 0.1) is 37.8 Å². The zero-order valence-corrected chi connectivity index (χ0v) is 100. The molecule has 10 nitrogen and oxygen atoms in total. The minimum absolute atomic E-state index is 0. The normalized spacial score (nSPS) is 10.8. The van der Waals surface area contributed by atoms with Crippen molar-refractivity contribution in [2.75, 3.05) is 0 Å². The third-order valence-corrected chi connectivity index (χ3v) is 32.8. The van der Waals surface area contributed by atoms with E-state index in [9.17, 15) is 8.78 Å². The third kappa shape index (κ3) is 31.9. The summed E-state index contributed by atoms with van der Waals surface area (Å²) in [5, 5.41) is 16.7. The fraction of sp³-hybridized carbons (Fsp3) is 0.132. The van der Waals surface area contributed by atoms with Crippen LogP contribution in [0.3, 0.4) is 0 Å². The molecular weight excluding hydrogens is 2610 g/mol. The third-order valence-electron chi connectivity index (χ3n) is 24.3. The van der Waals surface area contributed by atoms with E-state index in [1.54, 1.807) is 30.6 Å². The van der Waals surface area contributed by atoms with Gasteiger partial charge in [0, 0.05) is 124 Å². The zero-order chi connectivity index (χ0) is 102. The van der Waals surface area contributed by atoms with Crippen LogP contribution in [0.1, 0.15) is 28.1 Å². The van der Waals surface area contributed by atoms with Gasteiger partial charge in [0.1, 0.15) is 11.9 Å². The molecule has 10 heterocycles. The quantitative estimate of drug-likeness (QED) is 0.0625. The molecule has 0 saturated carbocycles. The van der Waals surface area contributed by atoms with Crippen LogP contribution in [0.5, 0.6) is 0 Å². The van der Waals surface area contributed by atoms with Gasteiger partial charge in [-0.2, -0.15) is 0 Å². The molecule has 20 heteroatoms. The molecule has 0 amide bonds. The Kier molecular flexibility index (Phi) is 42.3. The molecule has 0 atom stereocenters. The van der Waals surface area contributed by atoms with Gasteiger partial charge in [0.15, 0.2) is 0 Å².